The summed E-state index contributed by atoms with van der Waals surface area (Å²) < 4.78 is 4.82. The number of rotatable bonds is 3. The van der Waals surface area contributed by atoms with E-state index in [1.165, 1.54) is 18.2 Å². The second-order valence-electron chi connectivity index (χ2n) is 2.55. The molecular weight excluding hydrogens is 287 g/mol. The number of carbonyl (C=O) groups is 2. The Balaban J connectivity index is 2.91. The van der Waals surface area contributed by atoms with Crippen molar-refractivity contribution < 1.29 is 19.4 Å². The van der Waals surface area contributed by atoms with Crippen LogP contribution in [0.1, 0.15) is 10.4 Å². The van der Waals surface area contributed by atoms with Gasteiger partial charge in [0.25, 0.3) is 0 Å². The number of esters is 1. The van der Waals surface area contributed by atoms with Gasteiger partial charge in [0.15, 0.2) is 0 Å². The van der Waals surface area contributed by atoms with Gasteiger partial charge in [0.05, 0.1) is 10.6 Å². The smallest absolute Gasteiger partial charge is 0.337 e. The Morgan fingerprint density at radius 2 is 2.13 bits per heavy atom. The van der Waals surface area contributed by atoms with Gasteiger partial charge in [-0.3, -0.25) is 4.79 Å². The van der Waals surface area contributed by atoms with E-state index in [0.29, 0.717) is 0 Å². The van der Waals surface area contributed by atoms with Crippen LogP contribution in [-0.4, -0.2) is 22.4 Å². The van der Waals surface area contributed by atoms with Crippen LogP contribution in [0.5, 0.6) is 5.75 Å². The average molecular weight is 294 g/mol. The largest absolute Gasteiger partial charge is 0.478 e. The third-order valence-corrected chi connectivity index (χ3v) is 2.28. The minimum atomic E-state index is -1.13. The van der Waals surface area contributed by atoms with Crippen molar-refractivity contribution in [3.63, 3.8) is 0 Å². The zero-order valence-corrected chi connectivity index (χ0v) is 9.71. The number of halogens is 2. The van der Waals surface area contributed by atoms with E-state index in [0.717, 1.165) is 0 Å². The lowest BCUT2D eigenvalue weighted by Gasteiger charge is -2.04. The molecule has 0 radical (unpaired) electrons. The Morgan fingerprint density at radius 1 is 1.47 bits per heavy atom. The minimum absolute atomic E-state index is 0.0300. The predicted octanol–water partition coefficient (Wildman–Crippen LogP) is 2.34. The van der Waals surface area contributed by atoms with Crippen molar-refractivity contribution in [1.29, 1.82) is 0 Å². The first-order valence-electron chi connectivity index (χ1n) is 3.84. The summed E-state index contributed by atoms with van der Waals surface area (Å²) in [4.78, 5) is 21.5. The summed E-state index contributed by atoms with van der Waals surface area (Å²) in [5.41, 5.74) is -0.0321. The fraction of sp³-hybridized carbons (Fsp3) is 0.111. The topological polar surface area (TPSA) is 63.6 Å². The number of benzene rings is 1. The summed E-state index contributed by atoms with van der Waals surface area (Å²) in [6, 6.07) is 3.93. The molecule has 1 aromatic rings. The number of carbonyl (C=O) groups excluding carboxylic acids is 1. The maximum absolute atomic E-state index is 10.9. The zero-order chi connectivity index (χ0) is 11.4. The lowest BCUT2D eigenvalue weighted by Crippen LogP contribution is -2.09. The van der Waals surface area contributed by atoms with Crippen LogP contribution in [-0.2, 0) is 4.79 Å². The summed E-state index contributed by atoms with van der Waals surface area (Å²) >= 11 is 8.59. The Kier molecular flexibility index (Phi) is 4.11. The van der Waals surface area contributed by atoms with E-state index < -0.39 is 11.9 Å². The molecular formula is C9H6BrClO4. The zero-order valence-electron chi connectivity index (χ0n) is 7.37. The van der Waals surface area contributed by atoms with Crippen LogP contribution in [0, 0.1) is 0 Å². The second kappa shape index (κ2) is 5.14. The lowest BCUT2D eigenvalue weighted by molar-refractivity contribution is -0.131. The molecule has 0 unspecified atom stereocenters. The van der Waals surface area contributed by atoms with Crippen molar-refractivity contribution in [2.24, 2.45) is 0 Å². The maximum Gasteiger partial charge on any atom is 0.337 e. The third-order valence-electron chi connectivity index (χ3n) is 1.51. The summed E-state index contributed by atoms with van der Waals surface area (Å²) in [6.45, 7) is 0. The van der Waals surface area contributed by atoms with Crippen molar-refractivity contribution >= 4 is 39.5 Å². The molecule has 1 rings (SSSR count). The van der Waals surface area contributed by atoms with Crippen molar-refractivity contribution in [3.05, 3.63) is 28.8 Å². The standard InChI is InChI=1S/C9H6BrClO4/c10-4-8(12)15-5-1-2-6(9(13)14)7(11)3-5/h1-3H,4H2,(H,13,14). The van der Waals surface area contributed by atoms with Gasteiger partial charge >= 0.3 is 11.9 Å². The molecule has 0 aromatic heterocycles. The normalized spacial score (nSPS) is 9.73. The van der Waals surface area contributed by atoms with Gasteiger partial charge in [0.2, 0.25) is 0 Å². The molecule has 0 saturated heterocycles. The molecule has 1 aromatic carbocycles. The molecule has 0 bridgehead atoms. The Morgan fingerprint density at radius 3 is 2.60 bits per heavy atom. The fourth-order valence-corrected chi connectivity index (χ4v) is 1.26. The molecule has 0 amide bonds. The molecule has 0 heterocycles. The molecule has 0 aliphatic rings. The van der Waals surface area contributed by atoms with E-state index in [2.05, 4.69) is 15.9 Å². The van der Waals surface area contributed by atoms with Crippen LogP contribution in [0.15, 0.2) is 18.2 Å². The molecule has 1 N–H and O–H groups in total. The van der Waals surface area contributed by atoms with Crippen molar-refractivity contribution in [2.75, 3.05) is 5.33 Å². The summed E-state index contributed by atoms with van der Waals surface area (Å²) in [5, 5.41) is 8.78. The van der Waals surface area contributed by atoms with Crippen LogP contribution >= 0.6 is 27.5 Å². The fourth-order valence-electron chi connectivity index (χ4n) is 0.891. The number of carboxylic acid groups (broad SMARTS) is 1. The van der Waals surface area contributed by atoms with E-state index in [1.807, 2.05) is 0 Å². The number of hydrogen-bond donors (Lipinski definition) is 1. The Hall–Kier alpha value is -1.07. The molecule has 4 nitrogen and oxygen atoms in total. The number of carboxylic acids is 1. The van der Waals surface area contributed by atoms with Crippen molar-refractivity contribution in [1.82, 2.24) is 0 Å². The molecule has 0 saturated carbocycles. The van der Waals surface area contributed by atoms with Gasteiger partial charge in [-0.1, -0.05) is 27.5 Å². The maximum atomic E-state index is 10.9. The number of aromatic carboxylic acids is 1. The van der Waals surface area contributed by atoms with Gasteiger partial charge in [0, 0.05) is 6.07 Å². The van der Waals surface area contributed by atoms with Gasteiger partial charge < -0.3 is 9.84 Å². The number of ether oxygens (including phenoxy) is 1. The molecule has 15 heavy (non-hydrogen) atoms. The summed E-state index contributed by atoms with van der Waals surface area (Å²) in [5.74, 6) is -1.39. The quantitative estimate of drug-likeness (QED) is 0.528. The van der Waals surface area contributed by atoms with E-state index in [4.69, 9.17) is 21.4 Å². The minimum Gasteiger partial charge on any atom is -0.478 e. The molecule has 0 aliphatic heterocycles. The number of alkyl halides is 1. The Bertz CT molecular complexity index is 405. The molecule has 80 valence electrons. The third kappa shape index (κ3) is 3.21. The van der Waals surface area contributed by atoms with Crippen molar-refractivity contribution in [3.8, 4) is 5.75 Å². The van der Waals surface area contributed by atoms with Crippen LogP contribution in [0.4, 0.5) is 0 Å². The first kappa shape index (κ1) is 12.0. The highest BCUT2D eigenvalue weighted by molar-refractivity contribution is 9.09. The SMILES string of the molecule is O=C(CBr)Oc1ccc(C(=O)O)c(Cl)c1. The summed E-state index contributed by atoms with van der Waals surface area (Å²) in [7, 11) is 0. The number of hydrogen-bond acceptors (Lipinski definition) is 3. The van der Waals surface area contributed by atoms with E-state index in [1.54, 1.807) is 0 Å². The highest BCUT2D eigenvalue weighted by Crippen LogP contribution is 2.22. The van der Waals surface area contributed by atoms with Crippen LogP contribution in [0.3, 0.4) is 0 Å². The van der Waals surface area contributed by atoms with Gasteiger partial charge in [-0.25, -0.2) is 4.79 Å². The summed E-state index contributed by atoms with van der Waals surface area (Å²) in [6.07, 6.45) is 0. The van der Waals surface area contributed by atoms with Gasteiger partial charge in [-0.15, -0.1) is 0 Å². The molecule has 0 aliphatic carbocycles. The van der Waals surface area contributed by atoms with Crippen molar-refractivity contribution in [2.45, 2.75) is 0 Å². The lowest BCUT2D eigenvalue weighted by atomic mass is 10.2. The van der Waals surface area contributed by atoms with E-state index in [-0.39, 0.29) is 21.7 Å². The highest BCUT2D eigenvalue weighted by atomic mass is 79.9. The monoisotopic (exact) mass is 292 g/mol. The molecule has 0 fully saturated rings. The Labute approximate surface area is 98.9 Å². The average Bonchev–Trinajstić information content (AvgIpc) is 2.17. The first-order chi connectivity index (χ1) is 7.04. The molecule has 0 spiro atoms. The van der Waals surface area contributed by atoms with Crippen LogP contribution < -0.4 is 4.74 Å². The van der Waals surface area contributed by atoms with Crippen LogP contribution in [0.25, 0.3) is 0 Å². The highest BCUT2D eigenvalue weighted by Gasteiger charge is 2.10. The van der Waals surface area contributed by atoms with Gasteiger partial charge in [-0.2, -0.15) is 0 Å². The molecule has 6 heteroatoms. The second-order valence-corrected chi connectivity index (χ2v) is 3.52. The van der Waals surface area contributed by atoms with Crippen LogP contribution in [0.2, 0.25) is 5.02 Å². The molecule has 0 atom stereocenters. The first-order valence-corrected chi connectivity index (χ1v) is 5.34. The van der Waals surface area contributed by atoms with E-state index in [9.17, 15) is 9.59 Å². The van der Waals surface area contributed by atoms with Gasteiger partial charge in [0.1, 0.15) is 11.1 Å². The van der Waals surface area contributed by atoms with E-state index >= 15 is 0 Å². The predicted molar refractivity (Wildman–Crippen MR) is 57.8 cm³/mol. The van der Waals surface area contributed by atoms with Gasteiger partial charge in [-0.05, 0) is 12.1 Å².